The van der Waals surface area contributed by atoms with Crippen LogP contribution in [0.15, 0.2) is 34.8 Å². The lowest BCUT2D eigenvalue weighted by Crippen LogP contribution is -2.07. The first-order valence-corrected chi connectivity index (χ1v) is 6.08. The van der Waals surface area contributed by atoms with Gasteiger partial charge in [0.25, 0.3) is 0 Å². The van der Waals surface area contributed by atoms with Crippen LogP contribution in [0.2, 0.25) is 0 Å². The first kappa shape index (κ1) is 12.9. The Hall–Kier alpha value is -1.53. The third-order valence-corrected chi connectivity index (χ3v) is 2.77. The highest BCUT2D eigenvalue weighted by Gasteiger charge is 2.04. The summed E-state index contributed by atoms with van der Waals surface area (Å²) in [5.41, 5.74) is 0.824. The zero-order valence-corrected chi connectivity index (χ0v) is 11.2. The monoisotopic (exact) mass is 311 g/mol. The summed E-state index contributed by atoms with van der Waals surface area (Å²) >= 11 is 3.09. The van der Waals surface area contributed by atoms with Crippen molar-refractivity contribution in [3.8, 4) is 11.6 Å². The molecule has 1 aromatic heterocycles. The number of aromatic nitrogens is 2. The van der Waals surface area contributed by atoms with E-state index >= 15 is 0 Å². The first-order chi connectivity index (χ1) is 8.69. The molecule has 94 valence electrons. The molecule has 0 aliphatic carbocycles. The molecule has 1 N–H and O–H groups in total. The number of hydrogen-bond donors (Lipinski definition) is 1. The summed E-state index contributed by atoms with van der Waals surface area (Å²) in [6, 6.07) is 7.93. The van der Waals surface area contributed by atoms with Crippen molar-refractivity contribution in [2.75, 3.05) is 7.05 Å². The molecule has 0 fully saturated rings. The van der Waals surface area contributed by atoms with E-state index in [0.717, 1.165) is 5.69 Å². The Kier molecular flexibility index (Phi) is 4.22. The predicted octanol–water partition coefficient (Wildman–Crippen LogP) is 2.89. The van der Waals surface area contributed by atoms with E-state index < -0.39 is 0 Å². The maximum absolute atomic E-state index is 13.0. The Bertz CT molecular complexity index is 533. The molecule has 6 heteroatoms. The van der Waals surface area contributed by atoms with Crippen molar-refractivity contribution in [1.82, 2.24) is 15.5 Å². The molecule has 0 saturated carbocycles. The molecule has 0 radical (unpaired) electrons. The maximum Gasteiger partial charge on any atom is 0.238 e. The molecule has 2 rings (SSSR count). The Labute approximate surface area is 112 Å². The van der Waals surface area contributed by atoms with Crippen LogP contribution in [0.1, 0.15) is 5.69 Å². The molecule has 0 bridgehead atoms. The Morgan fingerprint density at radius 3 is 2.72 bits per heavy atom. The van der Waals surface area contributed by atoms with E-state index in [1.807, 2.05) is 13.1 Å². The molecule has 0 saturated heterocycles. The Morgan fingerprint density at radius 2 is 2.11 bits per heavy atom. The fraction of sp³-hybridized carbons (Fsp3) is 0.167. The van der Waals surface area contributed by atoms with Crippen molar-refractivity contribution >= 4 is 15.9 Å². The fourth-order valence-corrected chi connectivity index (χ4v) is 1.70. The van der Waals surface area contributed by atoms with Crippen molar-refractivity contribution in [2.24, 2.45) is 0 Å². The number of hydrogen-bond acceptors (Lipinski definition) is 4. The van der Waals surface area contributed by atoms with Gasteiger partial charge in [0, 0.05) is 12.6 Å². The largest absolute Gasteiger partial charge is 0.437 e. The zero-order valence-electron chi connectivity index (χ0n) is 9.65. The SMILES string of the molecule is CNCc1ccc(Oc2ccc(F)c(Br)c2)nn1. The van der Waals surface area contributed by atoms with Crippen LogP contribution >= 0.6 is 15.9 Å². The van der Waals surface area contributed by atoms with Crippen LogP contribution in [0.3, 0.4) is 0 Å². The number of nitrogens with one attached hydrogen (secondary N) is 1. The van der Waals surface area contributed by atoms with Gasteiger partial charge in [-0.15, -0.1) is 5.10 Å². The lowest BCUT2D eigenvalue weighted by atomic mass is 10.3. The number of halogens is 2. The van der Waals surface area contributed by atoms with E-state index in [1.54, 1.807) is 12.1 Å². The zero-order chi connectivity index (χ0) is 13.0. The number of rotatable bonds is 4. The van der Waals surface area contributed by atoms with Gasteiger partial charge in [0.05, 0.1) is 10.2 Å². The average Bonchev–Trinajstić information content (AvgIpc) is 2.37. The Balaban J connectivity index is 2.10. The number of benzene rings is 1. The van der Waals surface area contributed by atoms with E-state index in [-0.39, 0.29) is 5.82 Å². The predicted molar refractivity (Wildman–Crippen MR) is 69.0 cm³/mol. The molecule has 0 spiro atoms. The van der Waals surface area contributed by atoms with Crippen LogP contribution in [0, 0.1) is 5.82 Å². The molecule has 2 aromatic rings. The molecule has 0 amide bonds. The third-order valence-electron chi connectivity index (χ3n) is 2.17. The van der Waals surface area contributed by atoms with Crippen LogP contribution in [0.4, 0.5) is 4.39 Å². The van der Waals surface area contributed by atoms with Crippen molar-refractivity contribution < 1.29 is 9.13 Å². The number of nitrogens with zero attached hydrogens (tertiary/aromatic N) is 2. The van der Waals surface area contributed by atoms with E-state index in [4.69, 9.17) is 4.74 Å². The highest BCUT2D eigenvalue weighted by atomic mass is 79.9. The van der Waals surface area contributed by atoms with Crippen LogP contribution in [0.5, 0.6) is 11.6 Å². The van der Waals surface area contributed by atoms with Gasteiger partial charge in [0.15, 0.2) is 0 Å². The Morgan fingerprint density at radius 1 is 1.28 bits per heavy atom. The highest BCUT2D eigenvalue weighted by molar-refractivity contribution is 9.10. The molecule has 18 heavy (non-hydrogen) atoms. The summed E-state index contributed by atoms with van der Waals surface area (Å²) < 4.78 is 18.8. The lowest BCUT2D eigenvalue weighted by Gasteiger charge is -2.05. The van der Waals surface area contributed by atoms with E-state index in [0.29, 0.717) is 22.6 Å². The van der Waals surface area contributed by atoms with Gasteiger partial charge in [-0.05, 0) is 47.2 Å². The molecular formula is C12H11BrFN3O. The normalized spacial score (nSPS) is 10.4. The molecule has 0 atom stereocenters. The molecule has 1 heterocycles. The lowest BCUT2D eigenvalue weighted by molar-refractivity contribution is 0.451. The van der Waals surface area contributed by atoms with Gasteiger partial charge in [0.2, 0.25) is 5.88 Å². The second kappa shape index (κ2) is 5.88. The van der Waals surface area contributed by atoms with Gasteiger partial charge in [-0.1, -0.05) is 0 Å². The van der Waals surface area contributed by atoms with Gasteiger partial charge in [-0.25, -0.2) is 4.39 Å². The summed E-state index contributed by atoms with van der Waals surface area (Å²) in [5.74, 6) is 0.533. The quantitative estimate of drug-likeness (QED) is 0.943. The minimum Gasteiger partial charge on any atom is -0.437 e. The van der Waals surface area contributed by atoms with E-state index in [2.05, 4.69) is 31.4 Å². The van der Waals surface area contributed by atoms with Crippen LogP contribution in [0.25, 0.3) is 0 Å². The van der Waals surface area contributed by atoms with Gasteiger partial charge < -0.3 is 10.1 Å². The van der Waals surface area contributed by atoms with Gasteiger partial charge >= 0.3 is 0 Å². The fourth-order valence-electron chi connectivity index (χ4n) is 1.34. The molecular weight excluding hydrogens is 301 g/mol. The van der Waals surface area contributed by atoms with Crippen LogP contribution in [-0.4, -0.2) is 17.2 Å². The summed E-state index contributed by atoms with van der Waals surface area (Å²) in [4.78, 5) is 0. The second-order valence-electron chi connectivity index (χ2n) is 3.57. The van der Waals surface area contributed by atoms with Crippen molar-refractivity contribution in [1.29, 1.82) is 0 Å². The van der Waals surface area contributed by atoms with Crippen molar-refractivity contribution in [3.63, 3.8) is 0 Å². The second-order valence-corrected chi connectivity index (χ2v) is 4.43. The summed E-state index contributed by atoms with van der Waals surface area (Å²) in [5, 5.41) is 10.9. The topological polar surface area (TPSA) is 47.0 Å². The molecule has 0 aliphatic rings. The van der Waals surface area contributed by atoms with Crippen molar-refractivity contribution in [3.05, 3.63) is 46.3 Å². The van der Waals surface area contributed by atoms with Gasteiger partial charge in [-0.2, -0.15) is 5.10 Å². The minimum absolute atomic E-state index is 0.335. The summed E-state index contributed by atoms with van der Waals surface area (Å²) in [7, 11) is 1.84. The minimum atomic E-state index is -0.335. The summed E-state index contributed by atoms with van der Waals surface area (Å²) in [6.07, 6.45) is 0. The average molecular weight is 312 g/mol. The molecule has 4 nitrogen and oxygen atoms in total. The van der Waals surface area contributed by atoms with Gasteiger partial charge in [0.1, 0.15) is 11.6 Å². The van der Waals surface area contributed by atoms with Gasteiger partial charge in [-0.3, -0.25) is 0 Å². The van der Waals surface area contributed by atoms with Crippen LogP contribution < -0.4 is 10.1 Å². The van der Waals surface area contributed by atoms with E-state index in [1.165, 1.54) is 12.1 Å². The highest BCUT2D eigenvalue weighted by Crippen LogP contribution is 2.24. The number of ether oxygens (including phenoxy) is 1. The smallest absolute Gasteiger partial charge is 0.238 e. The van der Waals surface area contributed by atoms with Crippen molar-refractivity contribution in [2.45, 2.75) is 6.54 Å². The first-order valence-electron chi connectivity index (χ1n) is 5.29. The third kappa shape index (κ3) is 3.24. The summed E-state index contributed by atoms with van der Waals surface area (Å²) in [6.45, 7) is 0.648. The van der Waals surface area contributed by atoms with Crippen LogP contribution in [-0.2, 0) is 6.54 Å². The molecule has 1 aromatic carbocycles. The molecule has 0 aliphatic heterocycles. The maximum atomic E-state index is 13.0. The molecule has 0 unspecified atom stereocenters. The standard InChI is InChI=1S/C12H11BrFN3O/c1-15-7-8-2-5-12(17-16-8)18-9-3-4-11(14)10(13)6-9/h2-6,15H,7H2,1H3. The van der Waals surface area contributed by atoms with E-state index in [9.17, 15) is 4.39 Å².